The lowest BCUT2D eigenvalue weighted by Gasteiger charge is -2.04. The van der Waals surface area contributed by atoms with E-state index in [-0.39, 0.29) is 12.3 Å². The van der Waals surface area contributed by atoms with Crippen LogP contribution in [0.5, 0.6) is 0 Å². The molecule has 0 aliphatic rings. The van der Waals surface area contributed by atoms with Crippen molar-refractivity contribution in [2.45, 2.75) is 13.8 Å². The molecule has 106 valence electrons. The highest BCUT2D eigenvalue weighted by molar-refractivity contribution is 5.91. The van der Waals surface area contributed by atoms with E-state index in [2.05, 4.69) is 5.10 Å². The molecule has 1 aromatic carbocycles. The van der Waals surface area contributed by atoms with Crippen molar-refractivity contribution in [2.75, 3.05) is 6.61 Å². The first-order chi connectivity index (χ1) is 9.43. The van der Waals surface area contributed by atoms with Gasteiger partial charge in [0, 0.05) is 24.2 Å². The standard InChI is InChI=1S/C14H14F2N2O2/c1-4-20-14(19)12-8(2)13(18(3)17-12)9-5-10(15)7-11(16)6-9/h5-7H,4H2,1-3H3. The monoisotopic (exact) mass is 280 g/mol. The van der Waals surface area contributed by atoms with Crippen LogP contribution in [0.25, 0.3) is 11.3 Å². The Balaban J connectivity index is 2.55. The van der Waals surface area contributed by atoms with E-state index < -0.39 is 17.6 Å². The highest BCUT2D eigenvalue weighted by Gasteiger charge is 2.21. The van der Waals surface area contributed by atoms with E-state index in [1.165, 1.54) is 16.8 Å². The average Bonchev–Trinajstić information content (AvgIpc) is 2.64. The van der Waals surface area contributed by atoms with Crippen molar-refractivity contribution in [1.29, 1.82) is 0 Å². The van der Waals surface area contributed by atoms with Gasteiger partial charge in [0.15, 0.2) is 5.69 Å². The van der Waals surface area contributed by atoms with Gasteiger partial charge < -0.3 is 4.74 Å². The Morgan fingerprint density at radius 3 is 2.45 bits per heavy atom. The van der Waals surface area contributed by atoms with Crippen molar-refractivity contribution in [2.24, 2.45) is 7.05 Å². The summed E-state index contributed by atoms with van der Waals surface area (Å²) in [6.07, 6.45) is 0. The molecule has 2 rings (SSSR count). The molecule has 0 unspecified atom stereocenters. The van der Waals surface area contributed by atoms with Crippen molar-refractivity contribution in [1.82, 2.24) is 9.78 Å². The summed E-state index contributed by atoms with van der Waals surface area (Å²) >= 11 is 0. The van der Waals surface area contributed by atoms with Crippen molar-refractivity contribution >= 4 is 5.97 Å². The van der Waals surface area contributed by atoms with Crippen LogP contribution in [0.1, 0.15) is 23.0 Å². The van der Waals surface area contributed by atoms with Gasteiger partial charge in [-0.2, -0.15) is 5.10 Å². The Kier molecular flexibility index (Phi) is 3.83. The quantitative estimate of drug-likeness (QED) is 0.812. The van der Waals surface area contributed by atoms with Crippen LogP contribution in [-0.2, 0) is 11.8 Å². The van der Waals surface area contributed by atoms with E-state index in [1.54, 1.807) is 20.9 Å². The smallest absolute Gasteiger partial charge is 0.359 e. The number of aromatic nitrogens is 2. The Morgan fingerprint density at radius 1 is 1.30 bits per heavy atom. The molecule has 6 heteroatoms. The van der Waals surface area contributed by atoms with Crippen molar-refractivity contribution in [3.05, 3.63) is 41.1 Å². The number of esters is 1. The lowest BCUT2D eigenvalue weighted by atomic mass is 10.1. The third kappa shape index (κ3) is 2.54. The summed E-state index contributed by atoms with van der Waals surface area (Å²) in [5.41, 5.74) is 1.47. The first-order valence-electron chi connectivity index (χ1n) is 6.11. The van der Waals surface area contributed by atoms with Gasteiger partial charge in [-0.05, 0) is 26.0 Å². The van der Waals surface area contributed by atoms with Gasteiger partial charge >= 0.3 is 5.97 Å². The van der Waals surface area contributed by atoms with Crippen LogP contribution in [0.15, 0.2) is 18.2 Å². The minimum absolute atomic E-state index is 0.147. The molecule has 0 bridgehead atoms. The highest BCUT2D eigenvalue weighted by atomic mass is 19.1. The Bertz CT molecular complexity index is 645. The van der Waals surface area contributed by atoms with E-state index in [4.69, 9.17) is 4.74 Å². The number of ether oxygens (including phenoxy) is 1. The normalized spacial score (nSPS) is 10.7. The maximum atomic E-state index is 13.3. The molecule has 0 aliphatic carbocycles. The largest absolute Gasteiger partial charge is 0.461 e. The molecule has 2 aromatic rings. The van der Waals surface area contributed by atoms with E-state index in [9.17, 15) is 13.6 Å². The lowest BCUT2D eigenvalue weighted by molar-refractivity contribution is 0.0517. The molecule has 0 saturated carbocycles. The minimum atomic E-state index is -0.682. The summed E-state index contributed by atoms with van der Waals surface area (Å²) in [6, 6.07) is 3.19. The van der Waals surface area contributed by atoms with E-state index >= 15 is 0 Å². The van der Waals surface area contributed by atoms with Crippen LogP contribution in [-0.4, -0.2) is 22.4 Å². The van der Waals surface area contributed by atoms with Crippen molar-refractivity contribution < 1.29 is 18.3 Å². The summed E-state index contributed by atoms with van der Waals surface area (Å²) < 4.78 is 32.9. The zero-order chi connectivity index (χ0) is 14.9. The fraction of sp³-hybridized carbons (Fsp3) is 0.286. The zero-order valence-electron chi connectivity index (χ0n) is 11.4. The zero-order valence-corrected chi connectivity index (χ0v) is 11.4. The number of carbonyl (C=O) groups excluding carboxylic acids is 1. The van der Waals surface area contributed by atoms with Crippen LogP contribution in [0.3, 0.4) is 0 Å². The average molecular weight is 280 g/mol. The number of hydrogen-bond acceptors (Lipinski definition) is 3. The van der Waals surface area contributed by atoms with Crippen molar-refractivity contribution in [3.8, 4) is 11.3 Å². The fourth-order valence-corrected chi connectivity index (χ4v) is 2.12. The molecule has 0 aliphatic heterocycles. The van der Waals surface area contributed by atoms with Gasteiger partial charge in [0.25, 0.3) is 0 Å². The second-order valence-corrected chi connectivity index (χ2v) is 4.32. The van der Waals surface area contributed by atoms with Crippen molar-refractivity contribution in [3.63, 3.8) is 0 Å². The van der Waals surface area contributed by atoms with Gasteiger partial charge in [0.05, 0.1) is 12.3 Å². The van der Waals surface area contributed by atoms with Crippen LogP contribution < -0.4 is 0 Å². The highest BCUT2D eigenvalue weighted by Crippen LogP contribution is 2.27. The summed E-state index contributed by atoms with van der Waals surface area (Å²) in [5.74, 6) is -1.92. The minimum Gasteiger partial charge on any atom is -0.461 e. The fourth-order valence-electron chi connectivity index (χ4n) is 2.12. The number of nitrogens with zero attached hydrogens (tertiary/aromatic N) is 2. The number of halogens is 2. The summed E-state index contributed by atoms with van der Waals surface area (Å²) in [5, 5.41) is 4.06. The number of aryl methyl sites for hydroxylation is 1. The van der Waals surface area contributed by atoms with Gasteiger partial charge in [0.2, 0.25) is 0 Å². The van der Waals surface area contributed by atoms with Crippen LogP contribution in [0, 0.1) is 18.6 Å². The predicted octanol–water partition coefficient (Wildman–Crippen LogP) is 2.85. The second kappa shape index (κ2) is 5.40. The van der Waals surface area contributed by atoms with Crippen LogP contribution in [0.2, 0.25) is 0 Å². The molecule has 0 spiro atoms. The molecule has 0 amide bonds. The Morgan fingerprint density at radius 2 is 1.90 bits per heavy atom. The van der Waals surface area contributed by atoms with Crippen LogP contribution in [0.4, 0.5) is 8.78 Å². The molecule has 0 radical (unpaired) electrons. The van der Waals surface area contributed by atoms with Gasteiger partial charge in [-0.15, -0.1) is 0 Å². The first-order valence-corrected chi connectivity index (χ1v) is 6.11. The van der Waals surface area contributed by atoms with E-state index in [0.29, 0.717) is 16.8 Å². The van der Waals surface area contributed by atoms with Crippen LogP contribution >= 0.6 is 0 Å². The molecule has 4 nitrogen and oxygen atoms in total. The third-order valence-corrected chi connectivity index (χ3v) is 2.89. The molecule has 0 N–H and O–H groups in total. The van der Waals surface area contributed by atoms with E-state index in [1.807, 2.05) is 0 Å². The maximum absolute atomic E-state index is 13.3. The topological polar surface area (TPSA) is 44.1 Å². The molecule has 0 saturated heterocycles. The van der Waals surface area contributed by atoms with Gasteiger partial charge in [0.1, 0.15) is 11.6 Å². The number of rotatable bonds is 3. The summed E-state index contributed by atoms with van der Waals surface area (Å²) in [6.45, 7) is 3.59. The molecule has 1 heterocycles. The number of benzene rings is 1. The summed E-state index contributed by atoms with van der Waals surface area (Å²) in [4.78, 5) is 11.8. The number of carbonyl (C=O) groups is 1. The Hall–Kier alpha value is -2.24. The molecular weight excluding hydrogens is 266 g/mol. The second-order valence-electron chi connectivity index (χ2n) is 4.32. The van der Waals surface area contributed by atoms with Gasteiger partial charge in [-0.25, -0.2) is 13.6 Å². The summed E-state index contributed by atoms with van der Waals surface area (Å²) in [7, 11) is 1.61. The molecular formula is C14H14F2N2O2. The molecule has 1 aromatic heterocycles. The SMILES string of the molecule is CCOC(=O)c1nn(C)c(-c2cc(F)cc(F)c2)c1C. The number of hydrogen-bond donors (Lipinski definition) is 0. The first kappa shape index (κ1) is 14.2. The maximum Gasteiger partial charge on any atom is 0.359 e. The lowest BCUT2D eigenvalue weighted by Crippen LogP contribution is -2.07. The van der Waals surface area contributed by atoms with Gasteiger partial charge in [-0.1, -0.05) is 0 Å². The van der Waals surface area contributed by atoms with Gasteiger partial charge in [-0.3, -0.25) is 4.68 Å². The molecule has 20 heavy (non-hydrogen) atoms. The molecule has 0 fully saturated rings. The Labute approximate surface area is 115 Å². The third-order valence-electron chi connectivity index (χ3n) is 2.89. The van der Waals surface area contributed by atoms with E-state index in [0.717, 1.165) is 6.07 Å². The predicted molar refractivity (Wildman–Crippen MR) is 69.3 cm³/mol. The molecule has 0 atom stereocenters.